The molecule has 0 bridgehead atoms. The number of methoxy groups -OCH3 is 1. The highest BCUT2D eigenvalue weighted by atomic mass is 16.5. The summed E-state index contributed by atoms with van der Waals surface area (Å²) in [5.74, 6) is -0.116. The van der Waals surface area contributed by atoms with Gasteiger partial charge in [-0.15, -0.1) is 0 Å². The predicted molar refractivity (Wildman–Crippen MR) is 94.1 cm³/mol. The Morgan fingerprint density at radius 2 is 2.04 bits per heavy atom. The van der Waals surface area contributed by atoms with Gasteiger partial charge in [0.1, 0.15) is 17.8 Å². The number of likely N-dealkylation sites (tertiary alicyclic amines) is 1. The van der Waals surface area contributed by atoms with E-state index in [0.29, 0.717) is 24.3 Å². The molecule has 1 aliphatic heterocycles. The normalized spacial score (nSPS) is 18.4. The molecule has 1 fully saturated rings. The third kappa shape index (κ3) is 4.11. The number of hydrogen-bond donors (Lipinski definition) is 1. The minimum absolute atomic E-state index is 0.209. The van der Waals surface area contributed by atoms with E-state index in [9.17, 15) is 14.9 Å². The predicted octanol–water partition coefficient (Wildman–Crippen LogP) is 2.35. The lowest BCUT2D eigenvalue weighted by molar-refractivity contribution is -0.135. The second-order valence-corrected chi connectivity index (χ2v) is 7.29. The molecule has 1 heterocycles. The fourth-order valence-corrected chi connectivity index (χ4v) is 3.02. The maximum absolute atomic E-state index is 13.0. The highest BCUT2D eigenvalue weighted by molar-refractivity contribution is 6.00. The van der Waals surface area contributed by atoms with Crippen molar-refractivity contribution in [3.63, 3.8) is 0 Å². The second-order valence-electron chi connectivity index (χ2n) is 7.29. The number of amides is 2. The number of carbonyl (C=O) groups excluding carboxylic acids is 2. The van der Waals surface area contributed by atoms with Crippen molar-refractivity contribution in [3.05, 3.63) is 29.8 Å². The zero-order valence-electron chi connectivity index (χ0n) is 15.2. The van der Waals surface area contributed by atoms with Crippen LogP contribution in [0.1, 0.15) is 44.0 Å². The minimum Gasteiger partial charge on any atom is -0.496 e. The quantitative estimate of drug-likeness (QED) is 0.910. The maximum Gasteiger partial charge on any atom is 0.255 e. The monoisotopic (exact) mass is 343 g/mol. The van der Waals surface area contributed by atoms with Gasteiger partial charge < -0.3 is 15.0 Å². The summed E-state index contributed by atoms with van der Waals surface area (Å²) in [5.41, 5.74) is -0.109. The molecule has 0 unspecified atom stereocenters. The Labute approximate surface area is 148 Å². The van der Waals surface area contributed by atoms with Crippen molar-refractivity contribution in [3.8, 4) is 11.8 Å². The molecule has 2 rings (SSSR count). The Balaban J connectivity index is 2.25. The summed E-state index contributed by atoms with van der Waals surface area (Å²) >= 11 is 0. The average Bonchev–Trinajstić information content (AvgIpc) is 3.06. The Kier molecular flexibility index (Phi) is 5.68. The van der Waals surface area contributed by atoms with E-state index in [1.165, 1.54) is 7.11 Å². The molecule has 0 spiro atoms. The smallest absolute Gasteiger partial charge is 0.255 e. The van der Waals surface area contributed by atoms with Crippen molar-refractivity contribution in [2.45, 2.75) is 45.7 Å². The third-order valence-electron chi connectivity index (χ3n) is 4.42. The molecule has 0 aliphatic carbocycles. The molecule has 2 atom stereocenters. The molecular formula is C19H25N3O3. The zero-order valence-corrected chi connectivity index (χ0v) is 15.2. The highest BCUT2D eigenvalue weighted by Gasteiger charge is 2.40. The Morgan fingerprint density at radius 3 is 2.64 bits per heavy atom. The SMILES string of the molecule is COc1ccccc1C(=O)N[C@H](C(=O)N1CCC[C@H]1C#N)C(C)(C)C. The van der Waals surface area contributed by atoms with E-state index in [0.717, 1.165) is 6.42 Å². The van der Waals surface area contributed by atoms with Gasteiger partial charge in [0.15, 0.2) is 0 Å². The van der Waals surface area contributed by atoms with Crippen molar-refractivity contribution in [2.75, 3.05) is 13.7 Å². The summed E-state index contributed by atoms with van der Waals surface area (Å²) in [6.07, 6.45) is 1.49. The maximum atomic E-state index is 13.0. The van der Waals surface area contributed by atoms with E-state index < -0.39 is 17.5 Å². The molecule has 0 aromatic heterocycles. The summed E-state index contributed by atoms with van der Waals surface area (Å²) in [7, 11) is 1.50. The number of nitriles is 1. The van der Waals surface area contributed by atoms with Crippen LogP contribution in [0.4, 0.5) is 0 Å². The van der Waals surface area contributed by atoms with Gasteiger partial charge in [-0.1, -0.05) is 32.9 Å². The first kappa shape index (κ1) is 18.8. The van der Waals surface area contributed by atoms with E-state index in [1.54, 1.807) is 29.2 Å². The summed E-state index contributed by atoms with van der Waals surface area (Å²) in [6, 6.07) is 7.93. The van der Waals surface area contributed by atoms with Crippen molar-refractivity contribution < 1.29 is 14.3 Å². The van der Waals surface area contributed by atoms with Crippen LogP contribution in [-0.4, -0.2) is 42.5 Å². The molecule has 1 N–H and O–H groups in total. The Bertz CT molecular complexity index is 688. The first-order valence-electron chi connectivity index (χ1n) is 8.43. The zero-order chi connectivity index (χ0) is 18.6. The molecule has 134 valence electrons. The van der Waals surface area contributed by atoms with Gasteiger partial charge in [-0.3, -0.25) is 9.59 Å². The summed E-state index contributed by atoms with van der Waals surface area (Å²) in [6.45, 7) is 6.24. The van der Waals surface area contributed by atoms with Crippen LogP contribution in [0.3, 0.4) is 0 Å². The van der Waals surface area contributed by atoms with Gasteiger partial charge in [0.2, 0.25) is 5.91 Å². The molecule has 25 heavy (non-hydrogen) atoms. The second kappa shape index (κ2) is 7.56. The van der Waals surface area contributed by atoms with Gasteiger partial charge in [0.05, 0.1) is 18.7 Å². The Morgan fingerprint density at radius 1 is 1.36 bits per heavy atom. The Hall–Kier alpha value is -2.55. The molecule has 0 radical (unpaired) electrons. The van der Waals surface area contributed by atoms with Crippen LogP contribution in [0, 0.1) is 16.7 Å². The lowest BCUT2D eigenvalue weighted by atomic mass is 9.85. The van der Waals surface area contributed by atoms with Crippen LogP contribution in [0.25, 0.3) is 0 Å². The lowest BCUT2D eigenvalue weighted by Crippen LogP contribution is -2.55. The molecule has 1 aliphatic rings. The largest absolute Gasteiger partial charge is 0.496 e. The number of ether oxygens (including phenoxy) is 1. The molecule has 6 heteroatoms. The van der Waals surface area contributed by atoms with E-state index in [4.69, 9.17) is 4.74 Å². The highest BCUT2D eigenvalue weighted by Crippen LogP contribution is 2.26. The summed E-state index contributed by atoms with van der Waals surface area (Å²) in [5, 5.41) is 12.1. The van der Waals surface area contributed by atoms with E-state index >= 15 is 0 Å². The number of hydrogen-bond acceptors (Lipinski definition) is 4. The van der Waals surface area contributed by atoms with Gasteiger partial charge >= 0.3 is 0 Å². The first-order valence-corrected chi connectivity index (χ1v) is 8.43. The van der Waals surface area contributed by atoms with Crippen molar-refractivity contribution in [2.24, 2.45) is 5.41 Å². The summed E-state index contributed by atoms with van der Waals surface area (Å²) < 4.78 is 5.23. The first-order chi connectivity index (χ1) is 11.8. The number of nitrogens with one attached hydrogen (secondary N) is 1. The molecular weight excluding hydrogens is 318 g/mol. The minimum atomic E-state index is -0.723. The van der Waals surface area contributed by atoms with Crippen molar-refractivity contribution in [1.82, 2.24) is 10.2 Å². The van der Waals surface area contributed by atoms with Crippen molar-refractivity contribution in [1.29, 1.82) is 5.26 Å². The number of nitrogens with zero attached hydrogens (tertiary/aromatic N) is 2. The van der Waals surface area contributed by atoms with E-state index in [2.05, 4.69) is 11.4 Å². The van der Waals surface area contributed by atoms with Gasteiger partial charge in [-0.25, -0.2) is 0 Å². The molecule has 2 amide bonds. The molecule has 0 saturated carbocycles. The van der Waals surface area contributed by atoms with Crippen LogP contribution in [0.5, 0.6) is 5.75 Å². The summed E-state index contributed by atoms with van der Waals surface area (Å²) in [4.78, 5) is 27.3. The standard InChI is InChI=1S/C19H25N3O3/c1-19(2,3)16(18(24)22-11-7-8-13(22)12-20)21-17(23)14-9-5-6-10-15(14)25-4/h5-6,9-10,13,16H,7-8,11H2,1-4H3,(H,21,23)/t13-,16+/m0/s1. The number of para-hydroxylation sites is 1. The van der Waals surface area contributed by atoms with Gasteiger partial charge in [0.25, 0.3) is 5.91 Å². The average molecular weight is 343 g/mol. The van der Waals surface area contributed by atoms with Crippen LogP contribution < -0.4 is 10.1 Å². The fourth-order valence-electron chi connectivity index (χ4n) is 3.02. The third-order valence-corrected chi connectivity index (χ3v) is 4.42. The molecule has 1 aromatic rings. The number of carbonyl (C=O) groups is 2. The van der Waals surface area contributed by atoms with Crippen LogP contribution >= 0.6 is 0 Å². The van der Waals surface area contributed by atoms with Gasteiger partial charge in [0, 0.05) is 6.54 Å². The van der Waals surface area contributed by atoms with Crippen LogP contribution in [0.2, 0.25) is 0 Å². The van der Waals surface area contributed by atoms with E-state index in [1.807, 2.05) is 20.8 Å². The molecule has 6 nitrogen and oxygen atoms in total. The van der Waals surface area contributed by atoms with Gasteiger partial charge in [-0.05, 0) is 30.4 Å². The topological polar surface area (TPSA) is 82.4 Å². The van der Waals surface area contributed by atoms with Crippen molar-refractivity contribution >= 4 is 11.8 Å². The lowest BCUT2D eigenvalue weighted by Gasteiger charge is -2.34. The number of rotatable bonds is 4. The fraction of sp³-hybridized carbons (Fsp3) is 0.526. The molecule has 1 aromatic carbocycles. The van der Waals surface area contributed by atoms with Crippen LogP contribution in [-0.2, 0) is 4.79 Å². The molecule has 1 saturated heterocycles. The van der Waals surface area contributed by atoms with Crippen LogP contribution in [0.15, 0.2) is 24.3 Å². The van der Waals surface area contributed by atoms with Gasteiger partial charge in [-0.2, -0.15) is 5.26 Å². The number of benzene rings is 1. The van der Waals surface area contributed by atoms with E-state index in [-0.39, 0.29) is 11.8 Å².